The Morgan fingerprint density at radius 2 is 1.65 bits per heavy atom. The molecule has 0 fully saturated rings. The van der Waals surface area contributed by atoms with Crippen LogP contribution in [0.2, 0.25) is 0 Å². The minimum absolute atomic E-state index is 0.188. The number of pyridine rings is 2. The molecule has 0 bridgehead atoms. The summed E-state index contributed by atoms with van der Waals surface area (Å²) in [7, 11) is 0. The highest BCUT2D eigenvalue weighted by molar-refractivity contribution is 6.09. The van der Waals surface area contributed by atoms with Crippen LogP contribution >= 0.6 is 0 Å². The normalized spacial score (nSPS) is 11.6. The Morgan fingerprint density at radius 3 is 2.40 bits per heavy atom. The summed E-state index contributed by atoms with van der Waals surface area (Å²) in [6.07, 6.45) is 3.99. The van der Waals surface area contributed by atoms with Crippen molar-refractivity contribution in [1.82, 2.24) is 15.3 Å². The van der Waals surface area contributed by atoms with Crippen LogP contribution in [0.25, 0.3) is 22.0 Å². The Hall–Kier alpha value is -5.04. The molecule has 0 spiro atoms. The molecule has 0 aliphatic carbocycles. The fourth-order valence-corrected chi connectivity index (χ4v) is 4.56. The third kappa shape index (κ3) is 5.99. The standard InChI is InChI=1S/C33H30N4O3/c1-3-29(30-11-7-8-18-34-30)37-32(38)24-19-23-12-15-25(20-31(23)35-21-24)36-33(39)28-10-6-5-9-27(28)22-13-16-26(17-14-22)40-4-2/h5-21,29H,3-4H2,1-2H3,(H,36,39)(H,37,38). The molecule has 2 amide bonds. The molecule has 0 saturated heterocycles. The van der Waals surface area contributed by atoms with Crippen molar-refractivity contribution in [2.45, 2.75) is 26.3 Å². The fourth-order valence-electron chi connectivity index (χ4n) is 4.56. The minimum Gasteiger partial charge on any atom is -0.494 e. The number of carbonyl (C=O) groups excluding carboxylic acids is 2. The van der Waals surface area contributed by atoms with Crippen molar-refractivity contribution in [1.29, 1.82) is 0 Å². The number of benzene rings is 3. The molecule has 7 nitrogen and oxygen atoms in total. The number of hydrogen-bond acceptors (Lipinski definition) is 5. The largest absolute Gasteiger partial charge is 0.494 e. The molecule has 2 heterocycles. The maximum atomic E-state index is 13.3. The van der Waals surface area contributed by atoms with Gasteiger partial charge in [0.15, 0.2) is 0 Å². The van der Waals surface area contributed by atoms with Crippen molar-refractivity contribution in [2.75, 3.05) is 11.9 Å². The Morgan fingerprint density at radius 1 is 0.850 bits per heavy atom. The monoisotopic (exact) mass is 530 g/mol. The van der Waals surface area contributed by atoms with E-state index in [2.05, 4.69) is 20.6 Å². The Labute approximate surface area is 233 Å². The molecule has 200 valence electrons. The predicted molar refractivity (Wildman–Crippen MR) is 157 cm³/mol. The third-order valence-electron chi connectivity index (χ3n) is 6.61. The molecule has 0 saturated carbocycles. The Bertz CT molecular complexity index is 1640. The summed E-state index contributed by atoms with van der Waals surface area (Å²) in [5.74, 6) is 0.353. The molecule has 1 atom stereocenters. The quantitative estimate of drug-likeness (QED) is 0.218. The first-order valence-electron chi connectivity index (χ1n) is 13.3. The number of ether oxygens (including phenoxy) is 1. The van der Waals surface area contributed by atoms with Crippen LogP contribution in [0.4, 0.5) is 5.69 Å². The van der Waals surface area contributed by atoms with E-state index in [-0.39, 0.29) is 17.9 Å². The van der Waals surface area contributed by atoms with Crippen molar-refractivity contribution in [2.24, 2.45) is 0 Å². The maximum absolute atomic E-state index is 13.3. The lowest BCUT2D eigenvalue weighted by atomic mass is 9.99. The van der Waals surface area contributed by atoms with Gasteiger partial charge in [-0.1, -0.05) is 49.4 Å². The van der Waals surface area contributed by atoms with E-state index < -0.39 is 0 Å². The summed E-state index contributed by atoms with van der Waals surface area (Å²) in [6, 6.07) is 27.9. The zero-order chi connectivity index (χ0) is 27.9. The van der Waals surface area contributed by atoms with Crippen molar-refractivity contribution in [3.05, 3.63) is 120 Å². The summed E-state index contributed by atoms with van der Waals surface area (Å²) in [6.45, 7) is 4.54. The first-order valence-corrected chi connectivity index (χ1v) is 13.3. The molecular formula is C33H30N4O3. The second-order valence-electron chi connectivity index (χ2n) is 9.28. The summed E-state index contributed by atoms with van der Waals surface area (Å²) in [5, 5.41) is 6.83. The van der Waals surface area contributed by atoms with E-state index in [1.807, 2.05) is 86.6 Å². The summed E-state index contributed by atoms with van der Waals surface area (Å²) >= 11 is 0. The highest BCUT2D eigenvalue weighted by Gasteiger charge is 2.17. The highest BCUT2D eigenvalue weighted by atomic mass is 16.5. The molecular weight excluding hydrogens is 500 g/mol. The van der Waals surface area contributed by atoms with E-state index >= 15 is 0 Å². The van der Waals surface area contributed by atoms with Gasteiger partial charge >= 0.3 is 0 Å². The summed E-state index contributed by atoms with van der Waals surface area (Å²) in [5.41, 5.74) is 4.88. The number of anilines is 1. The van der Waals surface area contributed by atoms with E-state index in [4.69, 9.17) is 4.74 Å². The number of hydrogen-bond donors (Lipinski definition) is 2. The predicted octanol–water partition coefficient (Wildman–Crippen LogP) is 6.83. The van der Waals surface area contributed by atoms with E-state index in [9.17, 15) is 9.59 Å². The number of rotatable bonds is 9. The molecule has 7 heteroatoms. The van der Waals surface area contributed by atoms with Gasteiger partial charge in [0.25, 0.3) is 11.8 Å². The molecule has 0 radical (unpaired) electrons. The SMILES string of the molecule is CCOc1ccc(-c2ccccc2C(=O)Nc2ccc3cc(C(=O)NC(CC)c4ccccn4)cnc3c2)cc1. The van der Waals surface area contributed by atoms with E-state index in [0.29, 0.717) is 35.4 Å². The molecule has 5 rings (SSSR count). The lowest BCUT2D eigenvalue weighted by Gasteiger charge is -2.16. The molecule has 0 aliphatic rings. The minimum atomic E-state index is -0.222. The zero-order valence-electron chi connectivity index (χ0n) is 22.4. The van der Waals surface area contributed by atoms with Gasteiger partial charge in [-0.2, -0.15) is 0 Å². The lowest BCUT2D eigenvalue weighted by Crippen LogP contribution is -2.28. The number of nitrogens with one attached hydrogen (secondary N) is 2. The first kappa shape index (κ1) is 26.6. The van der Waals surface area contributed by atoms with Gasteiger partial charge in [0.1, 0.15) is 5.75 Å². The number of nitrogens with zero attached hydrogens (tertiary/aromatic N) is 2. The van der Waals surface area contributed by atoms with Crippen molar-refractivity contribution in [3.63, 3.8) is 0 Å². The molecule has 0 aliphatic heterocycles. The van der Waals surface area contributed by atoms with E-state index in [1.165, 1.54) is 0 Å². The van der Waals surface area contributed by atoms with Crippen LogP contribution in [0.1, 0.15) is 52.7 Å². The molecule has 2 N–H and O–H groups in total. The second-order valence-corrected chi connectivity index (χ2v) is 9.28. The smallest absolute Gasteiger partial charge is 0.256 e. The van der Waals surface area contributed by atoms with E-state index in [0.717, 1.165) is 28.0 Å². The van der Waals surface area contributed by atoms with Gasteiger partial charge in [-0.05, 0) is 73.0 Å². The van der Waals surface area contributed by atoms with Gasteiger partial charge in [0.05, 0.1) is 29.4 Å². The fraction of sp³-hybridized carbons (Fsp3) is 0.152. The van der Waals surface area contributed by atoms with Crippen molar-refractivity contribution >= 4 is 28.4 Å². The summed E-state index contributed by atoms with van der Waals surface area (Å²) < 4.78 is 5.54. The van der Waals surface area contributed by atoms with Crippen LogP contribution in [0.5, 0.6) is 5.75 Å². The number of carbonyl (C=O) groups is 2. The maximum Gasteiger partial charge on any atom is 0.256 e. The second kappa shape index (κ2) is 12.2. The van der Waals surface area contributed by atoms with Crippen LogP contribution in [0.3, 0.4) is 0 Å². The van der Waals surface area contributed by atoms with Gasteiger partial charge < -0.3 is 15.4 Å². The topological polar surface area (TPSA) is 93.2 Å². The average Bonchev–Trinajstić information content (AvgIpc) is 3.00. The molecule has 1 unspecified atom stereocenters. The van der Waals surface area contributed by atoms with Crippen LogP contribution in [0.15, 0.2) is 103 Å². The summed E-state index contributed by atoms with van der Waals surface area (Å²) in [4.78, 5) is 35.1. The van der Waals surface area contributed by atoms with Gasteiger partial charge in [0.2, 0.25) is 0 Å². The van der Waals surface area contributed by atoms with Gasteiger partial charge in [0, 0.05) is 29.0 Å². The van der Waals surface area contributed by atoms with E-state index in [1.54, 1.807) is 30.6 Å². The Balaban J connectivity index is 1.32. The highest BCUT2D eigenvalue weighted by Crippen LogP contribution is 2.27. The number of fused-ring (bicyclic) bond motifs is 1. The molecule has 40 heavy (non-hydrogen) atoms. The Kier molecular flexibility index (Phi) is 8.11. The van der Waals surface area contributed by atoms with Crippen LogP contribution < -0.4 is 15.4 Å². The van der Waals surface area contributed by atoms with Gasteiger partial charge in [-0.3, -0.25) is 19.6 Å². The zero-order valence-corrected chi connectivity index (χ0v) is 22.4. The number of amides is 2. The van der Waals surface area contributed by atoms with Crippen LogP contribution in [-0.4, -0.2) is 28.4 Å². The average molecular weight is 531 g/mol. The molecule has 5 aromatic rings. The third-order valence-corrected chi connectivity index (χ3v) is 6.61. The van der Waals surface area contributed by atoms with Crippen LogP contribution in [0, 0.1) is 0 Å². The van der Waals surface area contributed by atoms with Crippen LogP contribution in [-0.2, 0) is 0 Å². The molecule has 3 aromatic carbocycles. The van der Waals surface area contributed by atoms with Crippen molar-refractivity contribution in [3.8, 4) is 16.9 Å². The van der Waals surface area contributed by atoms with Gasteiger partial charge in [-0.15, -0.1) is 0 Å². The lowest BCUT2D eigenvalue weighted by molar-refractivity contribution is 0.0933. The number of aromatic nitrogens is 2. The van der Waals surface area contributed by atoms with Gasteiger partial charge in [-0.25, -0.2) is 0 Å². The molecule has 2 aromatic heterocycles. The van der Waals surface area contributed by atoms with Crippen molar-refractivity contribution < 1.29 is 14.3 Å². The first-order chi connectivity index (χ1) is 19.6.